The van der Waals surface area contributed by atoms with Crippen LogP contribution in [0.1, 0.15) is 38.3 Å². The van der Waals surface area contributed by atoms with Gasteiger partial charge in [-0.25, -0.2) is 0 Å². The van der Waals surface area contributed by atoms with Crippen LogP contribution in [0.4, 0.5) is 13.2 Å². The zero-order chi connectivity index (χ0) is 14.7. The summed E-state index contributed by atoms with van der Waals surface area (Å²) in [5, 5.41) is 0. The first-order valence-corrected chi connectivity index (χ1v) is 6.24. The standard InChI is InChI=1S/C14H21F3N2/c1-13(2,3)9-12(19-18)8-10-4-6-11(7-5-10)14(15,16)17/h4-7,12,19H,8-9,18H2,1-3H3. The fourth-order valence-corrected chi connectivity index (χ4v) is 2.04. The Bertz CT molecular complexity index is 391. The number of rotatable bonds is 4. The maximum atomic E-state index is 12.4. The highest BCUT2D eigenvalue weighted by molar-refractivity contribution is 5.25. The van der Waals surface area contributed by atoms with Crippen molar-refractivity contribution in [1.29, 1.82) is 0 Å². The van der Waals surface area contributed by atoms with Crippen LogP contribution in [0.3, 0.4) is 0 Å². The van der Waals surface area contributed by atoms with Crippen molar-refractivity contribution in [3.05, 3.63) is 35.4 Å². The van der Waals surface area contributed by atoms with Crippen molar-refractivity contribution < 1.29 is 13.2 Å². The molecule has 0 saturated carbocycles. The van der Waals surface area contributed by atoms with E-state index in [2.05, 4.69) is 26.2 Å². The summed E-state index contributed by atoms with van der Waals surface area (Å²) in [5.41, 5.74) is 3.07. The van der Waals surface area contributed by atoms with Gasteiger partial charge < -0.3 is 0 Å². The van der Waals surface area contributed by atoms with Crippen LogP contribution >= 0.6 is 0 Å². The number of hydrogen-bond donors (Lipinski definition) is 2. The van der Waals surface area contributed by atoms with Gasteiger partial charge in [0.2, 0.25) is 0 Å². The molecule has 0 amide bonds. The molecule has 19 heavy (non-hydrogen) atoms. The van der Waals surface area contributed by atoms with E-state index in [9.17, 15) is 13.2 Å². The van der Waals surface area contributed by atoms with Gasteiger partial charge in [-0.05, 0) is 36.0 Å². The van der Waals surface area contributed by atoms with Gasteiger partial charge in [0.05, 0.1) is 5.56 Å². The van der Waals surface area contributed by atoms with Crippen molar-refractivity contribution in [3.63, 3.8) is 0 Å². The van der Waals surface area contributed by atoms with Gasteiger partial charge >= 0.3 is 6.18 Å². The van der Waals surface area contributed by atoms with E-state index in [1.165, 1.54) is 12.1 Å². The van der Waals surface area contributed by atoms with Crippen LogP contribution in [-0.2, 0) is 12.6 Å². The number of alkyl halides is 3. The second-order valence-corrected chi connectivity index (χ2v) is 6.03. The molecule has 1 atom stereocenters. The van der Waals surface area contributed by atoms with Gasteiger partial charge in [-0.15, -0.1) is 0 Å². The maximum absolute atomic E-state index is 12.4. The Morgan fingerprint density at radius 2 is 1.63 bits per heavy atom. The van der Waals surface area contributed by atoms with E-state index < -0.39 is 11.7 Å². The van der Waals surface area contributed by atoms with Crippen LogP contribution in [0.2, 0.25) is 0 Å². The lowest BCUT2D eigenvalue weighted by Crippen LogP contribution is -2.39. The third-order valence-corrected chi connectivity index (χ3v) is 2.86. The lowest BCUT2D eigenvalue weighted by atomic mass is 9.86. The largest absolute Gasteiger partial charge is 0.416 e. The zero-order valence-corrected chi connectivity index (χ0v) is 11.5. The monoisotopic (exact) mass is 274 g/mol. The Kier molecular flexibility index (Phi) is 4.98. The number of hydrazine groups is 1. The summed E-state index contributed by atoms with van der Waals surface area (Å²) < 4.78 is 37.3. The molecule has 1 rings (SSSR count). The normalized spacial score (nSPS) is 14.5. The maximum Gasteiger partial charge on any atom is 0.416 e. The smallest absolute Gasteiger partial charge is 0.271 e. The molecule has 1 aromatic rings. The summed E-state index contributed by atoms with van der Waals surface area (Å²) in [6.07, 6.45) is -2.81. The number of nitrogens with two attached hydrogens (primary N) is 1. The van der Waals surface area contributed by atoms with Gasteiger partial charge in [0.25, 0.3) is 0 Å². The van der Waals surface area contributed by atoms with Gasteiger partial charge in [-0.3, -0.25) is 11.3 Å². The van der Waals surface area contributed by atoms with Gasteiger partial charge in [-0.1, -0.05) is 32.9 Å². The van der Waals surface area contributed by atoms with Crippen molar-refractivity contribution in [2.75, 3.05) is 0 Å². The van der Waals surface area contributed by atoms with Crippen molar-refractivity contribution in [3.8, 4) is 0 Å². The average molecular weight is 274 g/mol. The second kappa shape index (κ2) is 5.92. The van der Waals surface area contributed by atoms with E-state index in [4.69, 9.17) is 5.84 Å². The molecule has 2 nitrogen and oxygen atoms in total. The molecule has 5 heteroatoms. The Balaban J connectivity index is 2.71. The quantitative estimate of drug-likeness (QED) is 0.651. The number of benzene rings is 1. The Morgan fingerprint density at radius 3 is 2.00 bits per heavy atom. The molecule has 0 heterocycles. The molecule has 0 saturated heterocycles. The van der Waals surface area contributed by atoms with Crippen LogP contribution < -0.4 is 11.3 Å². The van der Waals surface area contributed by atoms with Crippen molar-refractivity contribution in [2.45, 2.75) is 45.8 Å². The fraction of sp³-hybridized carbons (Fsp3) is 0.571. The van der Waals surface area contributed by atoms with Gasteiger partial charge in [0.15, 0.2) is 0 Å². The molecule has 0 bridgehead atoms. The zero-order valence-electron chi connectivity index (χ0n) is 11.5. The summed E-state index contributed by atoms with van der Waals surface area (Å²) in [4.78, 5) is 0. The van der Waals surface area contributed by atoms with Crippen LogP contribution in [0, 0.1) is 5.41 Å². The minimum absolute atomic E-state index is 0.0525. The van der Waals surface area contributed by atoms with Crippen LogP contribution in [0.25, 0.3) is 0 Å². The molecule has 0 aliphatic heterocycles. The Labute approximate surface area is 112 Å². The highest BCUT2D eigenvalue weighted by Crippen LogP contribution is 2.29. The first kappa shape index (κ1) is 16.0. The Morgan fingerprint density at radius 1 is 1.11 bits per heavy atom. The van der Waals surface area contributed by atoms with Crippen molar-refractivity contribution in [1.82, 2.24) is 5.43 Å². The molecule has 0 aliphatic carbocycles. The van der Waals surface area contributed by atoms with E-state index >= 15 is 0 Å². The third kappa shape index (κ3) is 5.61. The molecule has 3 N–H and O–H groups in total. The number of hydrogen-bond acceptors (Lipinski definition) is 2. The summed E-state index contributed by atoms with van der Waals surface area (Å²) >= 11 is 0. The van der Waals surface area contributed by atoms with E-state index in [0.29, 0.717) is 6.42 Å². The minimum atomic E-state index is -4.28. The summed E-state index contributed by atoms with van der Waals surface area (Å²) in [6.45, 7) is 6.30. The van der Waals surface area contributed by atoms with E-state index in [1.807, 2.05) is 0 Å². The molecule has 108 valence electrons. The van der Waals surface area contributed by atoms with Gasteiger partial charge in [-0.2, -0.15) is 13.2 Å². The molecular formula is C14H21F3N2. The highest BCUT2D eigenvalue weighted by Gasteiger charge is 2.30. The first-order valence-electron chi connectivity index (χ1n) is 6.24. The van der Waals surface area contributed by atoms with E-state index in [-0.39, 0.29) is 11.5 Å². The molecule has 0 aromatic heterocycles. The lowest BCUT2D eigenvalue weighted by Gasteiger charge is -2.25. The highest BCUT2D eigenvalue weighted by atomic mass is 19.4. The van der Waals surface area contributed by atoms with Crippen molar-refractivity contribution >= 4 is 0 Å². The summed E-state index contributed by atoms with van der Waals surface area (Å²) in [6, 6.07) is 5.29. The first-order chi connectivity index (χ1) is 8.62. The van der Waals surface area contributed by atoms with Gasteiger partial charge in [0.1, 0.15) is 0 Å². The molecule has 1 unspecified atom stereocenters. The second-order valence-electron chi connectivity index (χ2n) is 6.03. The molecular weight excluding hydrogens is 253 g/mol. The van der Waals surface area contributed by atoms with Gasteiger partial charge in [0, 0.05) is 6.04 Å². The predicted molar refractivity (Wildman–Crippen MR) is 70.3 cm³/mol. The van der Waals surface area contributed by atoms with E-state index in [1.54, 1.807) is 0 Å². The molecule has 1 aromatic carbocycles. The average Bonchev–Trinajstić information content (AvgIpc) is 2.26. The SMILES string of the molecule is CC(C)(C)CC(Cc1ccc(C(F)(F)F)cc1)NN. The van der Waals surface area contributed by atoms with Crippen LogP contribution in [-0.4, -0.2) is 6.04 Å². The van der Waals surface area contributed by atoms with Crippen molar-refractivity contribution in [2.24, 2.45) is 11.3 Å². The molecule has 0 fully saturated rings. The summed E-state index contributed by atoms with van der Waals surface area (Å²) in [7, 11) is 0. The molecule has 0 radical (unpaired) electrons. The predicted octanol–water partition coefficient (Wildman–Crippen LogP) is 3.52. The van der Waals surface area contributed by atoms with Crippen LogP contribution in [0.5, 0.6) is 0 Å². The lowest BCUT2D eigenvalue weighted by molar-refractivity contribution is -0.137. The third-order valence-electron chi connectivity index (χ3n) is 2.86. The topological polar surface area (TPSA) is 38.0 Å². The number of halogens is 3. The fourth-order valence-electron chi connectivity index (χ4n) is 2.04. The number of nitrogens with one attached hydrogen (secondary N) is 1. The minimum Gasteiger partial charge on any atom is -0.271 e. The Hall–Kier alpha value is -1.07. The molecule has 0 aliphatic rings. The summed E-state index contributed by atoms with van der Waals surface area (Å²) in [5.74, 6) is 5.50. The molecule has 0 spiro atoms. The van der Waals surface area contributed by atoms with Crippen LogP contribution in [0.15, 0.2) is 24.3 Å². The van der Waals surface area contributed by atoms with E-state index in [0.717, 1.165) is 24.1 Å².